The van der Waals surface area contributed by atoms with Crippen LogP contribution in [0.1, 0.15) is 25.3 Å². The molecule has 0 fully saturated rings. The van der Waals surface area contributed by atoms with Gasteiger partial charge in [-0.15, -0.1) is 18.5 Å². The van der Waals surface area contributed by atoms with Gasteiger partial charge in [0, 0.05) is 5.69 Å². The first-order chi connectivity index (χ1) is 6.09. The third kappa shape index (κ3) is 3.63. The SMILES string of the molecule is CC(C)c1ccc(NC(P)P)cc1. The lowest BCUT2D eigenvalue weighted by molar-refractivity contribution is 0.867. The summed E-state index contributed by atoms with van der Waals surface area (Å²) in [6.07, 6.45) is 0. The van der Waals surface area contributed by atoms with Gasteiger partial charge in [0.1, 0.15) is 0 Å². The molecule has 1 rings (SSSR count). The molecule has 0 heterocycles. The van der Waals surface area contributed by atoms with Gasteiger partial charge in [-0.1, -0.05) is 26.0 Å². The minimum absolute atomic E-state index is 0.338. The van der Waals surface area contributed by atoms with Gasteiger partial charge in [0.2, 0.25) is 0 Å². The summed E-state index contributed by atoms with van der Waals surface area (Å²) in [6, 6.07) is 8.59. The summed E-state index contributed by atoms with van der Waals surface area (Å²) >= 11 is 0. The minimum atomic E-state index is 0.338. The molecule has 0 spiro atoms. The Morgan fingerprint density at radius 3 is 2.00 bits per heavy atom. The van der Waals surface area contributed by atoms with Gasteiger partial charge >= 0.3 is 0 Å². The summed E-state index contributed by atoms with van der Waals surface area (Å²) in [5.74, 6) is 0.608. The fourth-order valence-corrected chi connectivity index (χ4v) is 1.54. The van der Waals surface area contributed by atoms with Crippen LogP contribution in [0.3, 0.4) is 0 Å². The van der Waals surface area contributed by atoms with E-state index in [1.807, 2.05) is 0 Å². The molecule has 0 aliphatic heterocycles. The van der Waals surface area contributed by atoms with Crippen molar-refractivity contribution in [3.05, 3.63) is 29.8 Å². The molecule has 2 atom stereocenters. The van der Waals surface area contributed by atoms with Crippen molar-refractivity contribution < 1.29 is 0 Å². The van der Waals surface area contributed by atoms with E-state index in [1.165, 1.54) is 11.3 Å². The van der Waals surface area contributed by atoms with Crippen LogP contribution in [0.15, 0.2) is 24.3 Å². The fraction of sp³-hybridized carbons (Fsp3) is 0.400. The lowest BCUT2D eigenvalue weighted by Crippen LogP contribution is -2.02. The summed E-state index contributed by atoms with van der Waals surface area (Å²) in [5, 5.41) is 3.30. The van der Waals surface area contributed by atoms with Crippen LogP contribution in [-0.2, 0) is 0 Å². The van der Waals surface area contributed by atoms with Crippen molar-refractivity contribution in [2.45, 2.75) is 25.3 Å². The Kier molecular flexibility index (Phi) is 4.16. The largest absolute Gasteiger partial charge is 0.376 e. The van der Waals surface area contributed by atoms with Crippen molar-refractivity contribution >= 4 is 24.2 Å². The van der Waals surface area contributed by atoms with Gasteiger partial charge in [-0.05, 0) is 23.6 Å². The topological polar surface area (TPSA) is 12.0 Å². The highest BCUT2D eigenvalue weighted by molar-refractivity contribution is 7.38. The Labute approximate surface area is 85.1 Å². The molecular weight excluding hydrogens is 196 g/mol. The highest BCUT2D eigenvalue weighted by Gasteiger charge is 1.99. The molecule has 3 heteroatoms. The van der Waals surface area contributed by atoms with Gasteiger partial charge in [0.25, 0.3) is 0 Å². The summed E-state index contributed by atoms with van der Waals surface area (Å²) in [7, 11) is 5.38. The van der Waals surface area contributed by atoms with E-state index >= 15 is 0 Å². The average molecular weight is 213 g/mol. The van der Waals surface area contributed by atoms with Crippen LogP contribution >= 0.6 is 18.5 Å². The van der Waals surface area contributed by atoms with Crippen molar-refractivity contribution in [3.8, 4) is 0 Å². The number of rotatable bonds is 3. The van der Waals surface area contributed by atoms with Crippen molar-refractivity contribution in [1.82, 2.24) is 0 Å². The zero-order chi connectivity index (χ0) is 9.84. The van der Waals surface area contributed by atoms with Crippen molar-refractivity contribution in [2.24, 2.45) is 0 Å². The number of nitrogens with one attached hydrogen (secondary N) is 1. The molecule has 13 heavy (non-hydrogen) atoms. The molecule has 0 aromatic heterocycles. The molecule has 1 N–H and O–H groups in total. The smallest absolute Gasteiger partial charge is 0.0538 e. The van der Waals surface area contributed by atoms with Crippen molar-refractivity contribution in [3.63, 3.8) is 0 Å². The van der Waals surface area contributed by atoms with Gasteiger partial charge in [-0.3, -0.25) is 0 Å². The van der Waals surface area contributed by atoms with Crippen LogP contribution < -0.4 is 5.32 Å². The highest BCUT2D eigenvalue weighted by atomic mass is 31.1. The molecule has 72 valence electrons. The predicted molar refractivity (Wildman–Crippen MR) is 67.4 cm³/mol. The summed E-state index contributed by atoms with van der Waals surface area (Å²) in [6.45, 7) is 4.41. The minimum Gasteiger partial charge on any atom is -0.376 e. The van der Waals surface area contributed by atoms with Gasteiger partial charge < -0.3 is 5.32 Å². The molecule has 0 bridgehead atoms. The molecule has 0 amide bonds. The Morgan fingerprint density at radius 2 is 1.62 bits per heavy atom. The first kappa shape index (κ1) is 11.0. The van der Waals surface area contributed by atoms with E-state index in [0.29, 0.717) is 11.4 Å². The van der Waals surface area contributed by atoms with Crippen LogP contribution in [0.2, 0.25) is 0 Å². The lowest BCUT2D eigenvalue weighted by atomic mass is 10.0. The monoisotopic (exact) mass is 213 g/mol. The number of hydrogen-bond acceptors (Lipinski definition) is 1. The molecule has 0 saturated heterocycles. The van der Waals surface area contributed by atoms with Crippen LogP contribution in [0.5, 0.6) is 0 Å². The maximum Gasteiger partial charge on any atom is 0.0538 e. The maximum atomic E-state index is 3.30. The first-order valence-electron chi connectivity index (χ1n) is 4.47. The number of benzene rings is 1. The maximum absolute atomic E-state index is 3.30. The van der Waals surface area contributed by atoms with E-state index < -0.39 is 0 Å². The van der Waals surface area contributed by atoms with Crippen LogP contribution in [0.4, 0.5) is 5.69 Å². The Morgan fingerprint density at radius 1 is 1.08 bits per heavy atom. The number of anilines is 1. The standard InChI is InChI=1S/C10H17NP2/c1-7(2)8-3-5-9(6-4-8)11-10(12)13/h3-7,10-11H,12-13H2,1-2H3. The second-order valence-corrected chi connectivity index (χ2v) is 5.65. The summed E-state index contributed by atoms with van der Waals surface area (Å²) in [5.41, 5.74) is 2.89. The second kappa shape index (κ2) is 4.94. The Hall–Kier alpha value is -0.120. The second-order valence-electron chi connectivity index (χ2n) is 3.45. The molecule has 1 nitrogen and oxygen atoms in total. The van der Waals surface area contributed by atoms with E-state index in [9.17, 15) is 0 Å². The number of hydrogen-bond donors (Lipinski definition) is 1. The Bertz CT molecular complexity index is 254. The molecule has 2 unspecified atom stereocenters. The van der Waals surface area contributed by atoms with Crippen LogP contribution in [0, 0.1) is 0 Å². The van der Waals surface area contributed by atoms with Gasteiger partial charge in [-0.25, -0.2) is 0 Å². The average Bonchev–Trinajstić information content (AvgIpc) is 2.04. The molecule has 0 aliphatic carbocycles. The molecule has 0 saturated carbocycles. The van der Waals surface area contributed by atoms with Crippen molar-refractivity contribution in [2.75, 3.05) is 5.32 Å². The van der Waals surface area contributed by atoms with E-state index in [0.717, 1.165) is 0 Å². The van der Waals surface area contributed by atoms with Gasteiger partial charge in [0.05, 0.1) is 5.52 Å². The van der Waals surface area contributed by atoms with Gasteiger partial charge in [-0.2, -0.15) is 0 Å². The molecule has 1 aromatic carbocycles. The zero-order valence-corrected chi connectivity index (χ0v) is 10.4. The molecule has 1 aromatic rings. The fourth-order valence-electron chi connectivity index (χ4n) is 1.16. The van der Waals surface area contributed by atoms with E-state index in [-0.39, 0.29) is 0 Å². The van der Waals surface area contributed by atoms with E-state index in [1.54, 1.807) is 0 Å². The predicted octanol–water partition coefficient (Wildman–Crippen LogP) is 3.26. The highest BCUT2D eigenvalue weighted by Crippen LogP contribution is 2.19. The lowest BCUT2D eigenvalue weighted by Gasteiger charge is -2.11. The zero-order valence-electron chi connectivity index (χ0n) is 8.12. The quantitative estimate of drug-likeness (QED) is 0.760. The van der Waals surface area contributed by atoms with Crippen LogP contribution in [0.25, 0.3) is 0 Å². The van der Waals surface area contributed by atoms with Gasteiger partial charge in [0.15, 0.2) is 0 Å². The summed E-state index contributed by atoms with van der Waals surface area (Å²) in [4.78, 5) is 0. The van der Waals surface area contributed by atoms with E-state index in [2.05, 4.69) is 61.9 Å². The van der Waals surface area contributed by atoms with Crippen molar-refractivity contribution in [1.29, 1.82) is 0 Å². The molecule has 0 aliphatic rings. The third-order valence-corrected chi connectivity index (χ3v) is 2.24. The molecule has 0 radical (unpaired) electrons. The summed E-state index contributed by atoms with van der Waals surface area (Å²) < 4.78 is 0. The van der Waals surface area contributed by atoms with Crippen LogP contribution in [-0.4, -0.2) is 5.52 Å². The Balaban J connectivity index is 2.70. The van der Waals surface area contributed by atoms with E-state index in [4.69, 9.17) is 0 Å². The molecular formula is C10H17NP2. The normalized spacial score (nSPS) is 10.9. The first-order valence-corrected chi connectivity index (χ1v) is 5.80. The third-order valence-electron chi connectivity index (χ3n) is 1.91.